The summed E-state index contributed by atoms with van der Waals surface area (Å²) in [6.45, 7) is 5.16. The Morgan fingerprint density at radius 1 is 1.10 bits per heavy atom. The van der Waals surface area contributed by atoms with Crippen LogP contribution in [0.15, 0.2) is 54.9 Å². The minimum Gasteiger partial charge on any atom is -0.385 e. The molecule has 0 bridgehead atoms. The first-order chi connectivity index (χ1) is 14.9. The van der Waals surface area contributed by atoms with E-state index in [1.807, 2.05) is 49.4 Å². The van der Waals surface area contributed by atoms with Gasteiger partial charge in [-0.15, -0.1) is 0 Å². The average molecular weight is 418 g/mol. The number of nitrogens with zero attached hydrogens (tertiary/aromatic N) is 2. The Bertz CT molecular complexity index is 1120. The highest BCUT2D eigenvalue weighted by atomic mass is 16.3. The Hall–Kier alpha value is -3.25. The van der Waals surface area contributed by atoms with Gasteiger partial charge in [0.1, 0.15) is 0 Å². The zero-order valence-electron chi connectivity index (χ0n) is 17.9. The summed E-state index contributed by atoms with van der Waals surface area (Å²) < 4.78 is 0. The van der Waals surface area contributed by atoms with Crippen molar-refractivity contribution in [3.8, 4) is 11.1 Å². The van der Waals surface area contributed by atoms with Crippen molar-refractivity contribution < 1.29 is 14.7 Å². The minimum atomic E-state index is -0.924. The molecule has 2 heterocycles. The van der Waals surface area contributed by atoms with E-state index in [4.69, 9.17) is 0 Å². The number of benzene rings is 2. The molecule has 1 saturated heterocycles. The van der Waals surface area contributed by atoms with Crippen molar-refractivity contribution in [1.29, 1.82) is 0 Å². The number of carbonyl (C=O) groups excluding carboxylic acids is 2. The predicted molar refractivity (Wildman–Crippen MR) is 121 cm³/mol. The molecule has 160 valence electrons. The molecule has 3 aromatic rings. The molecular weight excluding hydrogens is 390 g/mol. The van der Waals surface area contributed by atoms with E-state index in [-0.39, 0.29) is 11.8 Å². The molecule has 6 heteroatoms. The molecule has 1 fully saturated rings. The van der Waals surface area contributed by atoms with E-state index in [9.17, 15) is 14.7 Å². The fraction of sp³-hybridized carbons (Fsp3) is 0.320. The van der Waals surface area contributed by atoms with Gasteiger partial charge in [-0.1, -0.05) is 30.3 Å². The SMILES string of the molecule is CCNC(=O)c1ccc2cncc(-c3ccc(C4(O)CCN(C(C)=O)CC4)cc3)c2c1. The van der Waals surface area contributed by atoms with Crippen LogP contribution >= 0.6 is 0 Å². The molecule has 4 rings (SSSR count). The van der Waals surface area contributed by atoms with Gasteiger partial charge in [-0.05, 0) is 48.4 Å². The number of fused-ring (bicyclic) bond motifs is 1. The monoisotopic (exact) mass is 417 g/mol. The van der Waals surface area contributed by atoms with Gasteiger partial charge in [0.2, 0.25) is 5.91 Å². The van der Waals surface area contributed by atoms with Crippen LogP contribution in [-0.4, -0.2) is 46.4 Å². The number of nitrogens with one attached hydrogen (secondary N) is 1. The molecule has 0 atom stereocenters. The molecule has 0 spiro atoms. The predicted octanol–water partition coefficient (Wildman–Crippen LogP) is 3.48. The van der Waals surface area contributed by atoms with Gasteiger partial charge in [-0.3, -0.25) is 14.6 Å². The van der Waals surface area contributed by atoms with Crippen molar-refractivity contribution in [3.63, 3.8) is 0 Å². The standard InChI is InChI=1S/C25H27N3O3/c1-3-27-24(30)19-4-5-20-15-26-16-23(22(20)14-19)18-6-8-21(9-7-18)25(31)10-12-28(13-11-25)17(2)29/h4-9,14-16,31H,3,10-13H2,1-2H3,(H,27,30). The summed E-state index contributed by atoms with van der Waals surface area (Å²) in [5.41, 5.74) is 2.46. The second kappa shape index (κ2) is 8.47. The minimum absolute atomic E-state index is 0.0489. The summed E-state index contributed by atoms with van der Waals surface area (Å²) in [6.07, 6.45) is 4.65. The lowest BCUT2D eigenvalue weighted by Gasteiger charge is -2.38. The first-order valence-electron chi connectivity index (χ1n) is 10.7. The van der Waals surface area contributed by atoms with Gasteiger partial charge < -0.3 is 15.3 Å². The van der Waals surface area contributed by atoms with Crippen LogP contribution in [-0.2, 0) is 10.4 Å². The van der Waals surface area contributed by atoms with Crippen LogP contribution in [0.5, 0.6) is 0 Å². The van der Waals surface area contributed by atoms with E-state index in [0.717, 1.165) is 27.5 Å². The Morgan fingerprint density at radius 2 is 1.81 bits per heavy atom. The second-order valence-corrected chi connectivity index (χ2v) is 8.10. The lowest BCUT2D eigenvalue weighted by molar-refractivity contribution is -0.133. The Labute approximate surface area is 181 Å². The molecule has 1 aliphatic heterocycles. The highest BCUT2D eigenvalue weighted by Crippen LogP contribution is 2.35. The number of aromatic nitrogens is 1. The van der Waals surface area contributed by atoms with Crippen LogP contribution in [0.1, 0.15) is 42.6 Å². The zero-order valence-corrected chi connectivity index (χ0v) is 17.9. The molecular formula is C25H27N3O3. The number of rotatable bonds is 4. The molecule has 0 radical (unpaired) electrons. The molecule has 1 aliphatic rings. The molecule has 2 N–H and O–H groups in total. The summed E-state index contributed by atoms with van der Waals surface area (Å²) in [4.78, 5) is 30.0. The van der Waals surface area contributed by atoms with Crippen LogP contribution < -0.4 is 5.32 Å². The second-order valence-electron chi connectivity index (χ2n) is 8.10. The number of pyridine rings is 1. The van der Waals surface area contributed by atoms with E-state index in [2.05, 4.69) is 10.3 Å². The number of aliphatic hydroxyl groups is 1. The van der Waals surface area contributed by atoms with Crippen molar-refractivity contribution in [2.75, 3.05) is 19.6 Å². The van der Waals surface area contributed by atoms with E-state index >= 15 is 0 Å². The van der Waals surface area contributed by atoms with Crippen LogP contribution in [0.25, 0.3) is 21.9 Å². The van der Waals surface area contributed by atoms with Crippen molar-refractivity contribution in [2.45, 2.75) is 32.3 Å². The van der Waals surface area contributed by atoms with Gasteiger partial charge in [-0.2, -0.15) is 0 Å². The lowest BCUT2D eigenvalue weighted by Crippen LogP contribution is -2.44. The maximum atomic E-state index is 12.3. The fourth-order valence-electron chi connectivity index (χ4n) is 4.24. The van der Waals surface area contributed by atoms with Crippen molar-refractivity contribution in [3.05, 3.63) is 66.0 Å². The van der Waals surface area contributed by atoms with Crippen LogP contribution in [0.4, 0.5) is 0 Å². The summed E-state index contributed by atoms with van der Waals surface area (Å²) in [5.74, 6) is -0.0468. The smallest absolute Gasteiger partial charge is 0.251 e. The van der Waals surface area contributed by atoms with Crippen molar-refractivity contribution in [1.82, 2.24) is 15.2 Å². The highest BCUT2D eigenvalue weighted by molar-refractivity contribution is 6.02. The maximum Gasteiger partial charge on any atom is 0.251 e. The van der Waals surface area contributed by atoms with Crippen LogP contribution in [0.2, 0.25) is 0 Å². The van der Waals surface area contributed by atoms with Crippen molar-refractivity contribution >= 4 is 22.6 Å². The molecule has 0 saturated carbocycles. The van der Waals surface area contributed by atoms with Gasteiger partial charge in [0, 0.05) is 55.5 Å². The Kier molecular flexibility index (Phi) is 5.74. The number of hydrogen-bond donors (Lipinski definition) is 2. The third-order valence-electron chi connectivity index (χ3n) is 6.13. The van der Waals surface area contributed by atoms with Gasteiger partial charge in [0.15, 0.2) is 0 Å². The first kappa shape index (κ1) is 21.0. The Balaban J connectivity index is 1.64. The average Bonchev–Trinajstić information content (AvgIpc) is 2.79. The quantitative estimate of drug-likeness (QED) is 0.681. The largest absolute Gasteiger partial charge is 0.385 e. The fourth-order valence-corrected chi connectivity index (χ4v) is 4.24. The third kappa shape index (κ3) is 4.16. The summed E-state index contributed by atoms with van der Waals surface area (Å²) in [5, 5.41) is 15.9. The number of amides is 2. The number of carbonyl (C=O) groups is 2. The van der Waals surface area contributed by atoms with E-state index in [0.29, 0.717) is 38.0 Å². The third-order valence-corrected chi connectivity index (χ3v) is 6.13. The Morgan fingerprint density at radius 3 is 2.45 bits per heavy atom. The van der Waals surface area contributed by atoms with E-state index in [1.165, 1.54) is 0 Å². The maximum absolute atomic E-state index is 12.3. The molecule has 0 unspecified atom stereocenters. The van der Waals surface area contributed by atoms with Crippen LogP contribution in [0, 0.1) is 0 Å². The molecule has 6 nitrogen and oxygen atoms in total. The molecule has 2 aromatic carbocycles. The van der Waals surface area contributed by atoms with Crippen molar-refractivity contribution in [2.24, 2.45) is 0 Å². The topological polar surface area (TPSA) is 82.5 Å². The van der Waals surface area contributed by atoms with Gasteiger partial charge in [-0.25, -0.2) is 0 Å². The highest BCUT2D eigenvalue weighted by Gasteiger charge is 2.34. The zero-order chi connectivity index (χ0) is 22.0. The molecule has 31 heavy (non-hydrogen) atoms. The lowest BCUT2D eigenvalue weighted by atomic mass is 9.83. The molecule has 0 aliphatic carbocycles. The summed E-state index contributed by atoms with van der Waals surface area (Å²) in [6, 6.07) is 13.5. The first-order valence-corrected chi connectivity index (χ1v) is 10.7. The van der Waals surface area contributed by atoms with E-state index in [1.54, 1.807) is 24.2 Å². The molecule has 2 amide bonds. The number of piperidine rings is 1. The normalized spacial score (nSPS) is 15.6. The van der Waals surface area contributed by atoms with E-state index < -0.39 is 5.60 Å². The van der Waals surface area contributed by atoms with Gasteiger partial charge in [0.25, 0.3) is 5.91 Å². The van der Waals surface area contributed by atoms with Gasteiger partial charge in [0.05, 0.1) is 5.60 Å². The summed E-state index contributed by atoms with van der Waals surface area (Å²) in [7, 11) is 0. The summed E-state index contributed by atoms with van der Waals surface area (Å²) >= 11 is 0. The van der Waals surface area contributed by atoms with Crippen LogP contribution in [0.3, 0.4) is 0 Å². The van der Waals surface area contributed by atoms with Gasteiger partial charge >= 0.3 is 0 Å². The molecule has 1 aromatic heterocycles. The number of likely N-dealkylation sites (tertiary alicyclic amines) is 1. The number of hydrogen-bond acceptors (Lipinski definition) is 4.